The summed E-state index contributed by atoms with van der Waals surface area (Å²) in [4.78, 5) is 4.01. The van der Waals surface area contributed by atoms with Crippen molar-refractivity contribution in [3.8, 4) is 11.5 Å². The van der Waals surface area contributed by atoms with E-state index in [9.17, 15) is 4.39 Å². The van der Waals surface area contributed by atoms with E-state index in [2.05, 4.69) is 10.3 Å². The van der Waals surface area contributed by atoms with E-state index in [0.29, 0.717) is 35.2 Å². The third-order valence-electron chi connectivity index (χ3n) is 4.10. The topological polar surface area (TPSA) is 43.4 Å². The molecule has 0 aliphatic carbocycles. The van der Waals surface area contributed by atoms with Crippen LogP contribution in [-0.4, -0.2) is 12.1 Å². The molecule has 0 bridgehead atoms. The maximum Gasteiger partial charge on any atom is 0.166 e. The number of halogens is 2. The predicted octanol–water partition coefficient (Wildman–Crippen LogP) is 4.75. The second kappa shape index (κ2) is 9.35. The molecule has 0 atom stereocenters. The Labute approximate surface area is 162 Å². The molecule has 0 unspecified atom stereocenters. The fraction of sp³-hybridized carbons (Fsp3) is 0.190. The van der Waals surface area contributed by atoms with E-state index in [1.54, 1.807) is 31.6 Å². The lowest BCUT2D eigenvalue weighted by Gasteiger charge is -2.16. The average Bonchev–Trinajstić information content (AvgIpc) is 2.69. The highest BCUT2D eigenvalue weighted by atomic mass is 35.5. The zero-order chi connectivity index (χ0) is 19.1. The second-order valence-corrected chi connectivity index (χ2v) is 6.30. The highest BCUT2D eigenvalue weighted by Crippen LogP contribution is 2.32. The smallest absolute Gasteiger partial charge is 0.166 e. The Morgan fingerprint density at radius 1 is 1.04 bits per heavy atom. The van der Waals surface area contributed by atoms with Crippen LogP contribution >= 0.6 is 11.6 Å². The zero-order valence-electron chi connectivity index (χ0n) is 14.9. The molecule has 6 heteroatoms. The second-order valence-electron chi connectivity index (χ2n) is 5.90. The molecule has 2 aromatic carbocycles. The summed E-state index contributed by atoms with van der Waals surface area (Å²) in [5, 5.41) is 3.70. The monoisotopic (exact) mass is 386 g/mol. The summed E-state index contributed by atoms with van der Waals surface area (Å²) >= 11 is 6.09. The number of para-hydroxylation sites is 1. The SMILES string of the molecule is COc1cccc(CNCc2ccncc2)c1OCc1c(F)cccc1Cl. The first-order valence-corrected chi connectivity index (χ1v) is 8.88. The van der Waals surface area contributed by atoms with Crippen molar-refractivity contribution in [2.75, 3.05) is 7.11 Å². The fourth-order valence-corrected chi connectivity index (χ4v) is 2.90. The van der Waals surface area contributed by atoms with Gasteiger partial charge in [0.05, 0.1) is 12.1 Å². The minimum absolute atomic E-state index is 0.0171. The Bertz CT molecular complexity index is 870. The predicted molar refractivity (Wildman–Crippen MR) is 104 cm³/mol. The first kappa shape index (κ1) is 19.1. The molecular weight excluding hydrogens is 367 g/mol. The summed E-state index contributed by atoms with van der Waals surface area (Å²) in [6.07, 6.45) is 3.52. The van der Waals surface area contributed by atoms with E-state index in [1.807, 2.05) is 30.3 Å². The van der Waals surface area contributed by atoms with Crippen LogP contribution in [0.25, 0.3) is 0 Å². The van der Waals surface area contributed by atoms with Gasteiger partial charge in [-0.3, -0.25) is 4.98 Å². The maximum atomic E-state index is 14.0. The van der Waals surface area contributed by atoms with Crippen LogP contribution in [0.1, 0.15) is 16.7 Å². The Morgan fingerprint density at radius 2 is 1.81 bits per heavy atom. The fourth-order valence-electron chi connectivity index (χ4n) is 2.68. The molecule has 0 aliphatic heterocycles. The van der Waals surface area contributed by atoms with Gasteiger partial charge in [0.15, 0.2) is 11.5 Å². The van der Waals surface area contributed by atoms with Crippen LogP contribution in [-0.2, 0) is 19.7 Å². The number of ether oxygens (including phenoxy) is 2. The van der Waals surface area contributed by atoms with Gasteiger partial charge in [-0.1, -0.05) is 29.8 Å². The summed E-state index contributed by atoms with van der Waals surface area (Å²) in [6, 6.07) is 14.1. The minimum atomic E-state index is -0.394. The van der Waals surface area contributed by atoms with Gasteiger partial charge < -0.3 is 14.8 Å². The molecule has 0 amide bonds. The highest BCUT2D eigenvalue weighted by Gasteiger charge is 2.13. The van der Waals surface area contributed by atoms with Crippen molar-refractivity contribution in [1.29, 1.82) is 0 Å². The van der Waals surface area contributed by atoms with E-state index in [-0.39, 0.29) is 6.61 Å². The van der Waals surface area contributed by atoms with E-state index in [4.69, 9.17) is 21.1 Å². The number of rotatable bonds is 8. The van der Waals surface area contributed by atoms with Crippen molar-refractivity contribution in [3.05, 3.63) is 88.5 Å². The van der Waals surface area contributed by atoms with Gasteiger partial charge in [-0.25, -0.2) is 4.39 Å². The van der Waals surface area contributed by atoms with Gasteiger partial charge in [0.25, 0.3) is 0 Å². The quantitative estimate of drug-likeness (QED) is 0.606. The molecule has 0 saturated heterocycles. The molecule has 1 heterocycles. The number of benzene rings is 2. The molecule has 27 heavy (non-hydrogen) atoms. The summed E-state index contributed by atoms with van der Waals surface area (Å²) in [5.74, 6) is 0.766. The number of aromatic nitrogens is 1. The van der Waals surface area contributed by atoms with Gasteiger partial charge in [-0.2, -0.15) is 0 Å². The molecular formula is C21H20ClFN2O2. The van der Waals surface area contributed by atoms with E-state index < -0.39 is 5.82 Å². The van der Waals surface area contributed by atoms with Crippen LogP contribution in [0.5, 0.6) is 11.5 Å². The first-order chi connectivity index (χ1) is 13.2. The van der Waals surface area contributed by atoms with Crippen molar-refractivity contribution in [3.63, 3.8) is 0 Å². The number of methoxy groups -OCH3 is 1. The zero-order valence-corrected chi connectivity index (χ0v) is 15.7. The van der Waals surface area contributed by atoms with Gasteiger partial charge in [0.1, 0.15) is 12.4 Å². The molecule has 4 nitrogen and oxygen atoms in total. The van der Waals surface area contributed by atoms with Gasteiger partial charge >= 0.3 is 0 Å². The summed E-state index contributed by atoms with van der Waals surface area (Å²) in [7, 11) is 1.58. The summed E-state index contributed by atoms with van der Waals surface area (Å²) in [6.45, 7) is 1.28. The summed E-state index contributed by atoms with van der Waals surface area (Å²) in [5.41, 5.74) is 2.37. The Kier molecular flexibility index (Phi) is 6.63. The Morgan fingerprint density at radius 3 is 2.56 bits per heavy atom. The number of hydrogen-bond donors (Lipinski definition) is 1. The molecule has 140 valence electrons. The van der Waals surface area contributed by atoms with Crippen molar-refractivity contribution in [2.45, 2.75) is 19.7 Å². The molecule has 0 radical (unpaired) electrons. The molecule has 0 saturated carbocycles. The lowest BCUT2D eigenvalue weighted by atomic mass is 10.1. The van der Waals surface area contributed by atoms with Gasteiger partial charge in [-0.05, 0) is 35.9 Å². The van der Waals surface area contributed by atoms with E-state index >= 15 is 0 Å². The normalized spacial score (nSPS) is 10.6. The number of hydrogen-bond acceptors (Lipinski definition) is 4. The lowest BCUT2D eigenvalue weighted by molar-refractivity contribution is 0.276. The van der Waals surface area contributed by atoms with Crippen molar-refractivity contribution >= 4 is 11.6 Å². The number of nitrogens with one attached hydrogen (secondary N) is 1. The largest absolute Gasteiger partial charge is 0.493 e. The molecule has 1 aromatic heterocycles. The number of nitrogens with zero attached hydrogens (tertiary/aromatic N) is 1. The third-order valence-corrected chi connectivity index (χ3v) is 4.45. The third kappa shape index (κ3) is 4.96. The standard InChI is InChI=1S/C21H20ClFN2O2/c1-26-20-7-2-4-16(13-25-12-15-8-10-24-11-9-15)21(20)27-14-17-18(22)5-3-6-19(17)23/h2-11,25H,12-14H2,1H3. The van der Waals surface area contributed by atoms with Crippen LogP contribution in [0.15, 0.2) is 60.9 Å². The van der Waals surface area contributed by atoms with Crippen LogP contribution in [0.3, 0.4) is 0 Å². The molecule has 0 aliphatic rings. The van der Waals surface area contributed by atoms with Crippen LogP contribution in [0.4, 0.5) is 4.39 Å². The summed E-state index contributed by atoms with van der Waals surface area (Å²) < 4.78 is 25.3. The van der Waals surface area contributed by atoms with E-state index in [1.165, 1.54) is 6.07 Å². The Balaban J connectivity index is 1.73. The van der Waals surface area contributed by atoms with Crippen LogP contribution in [0.2, 0.25) is 5.02 Å². The van der Waals surface area contributed by atoms with Gasteiger partial charge in [0.2, 0.25) is 0 Å². The molecule has 3 aromatic rings. The average molecular weight is 387 g/mol. The minimum Gasteiger partial charge on any atom is -0.493 e. The van der Waals surface area contributed by atoms with Crippen molar-refractivity contribution < 1.29 is 13.9 Å². The van der Waals surface area contributed by atoms with E-state index in [0.717, 1.165) is 11.1 Å². The molecule has 0 spiro atoms. The highest BCUT2D eigenvalue weighted by molar-refractivity contribution is 6.31. The first-order valence-electron chi connectivity index (χ1n) is 8.50. The van der Waals surface area contributed by atoms with Crippen molar-refractivity contribution in [2.24, 2.45) is 0 Å². The maximum absolute atomic E-state index is 14.0. The Hall–Kier alpha value is -2.63. The lowest BCUT2D eigenvalue weighted by Crippen LogP contribution is -2.14. The van der Waals surface area contributed by atoms with Crippen LogP contribution < -0.4 is 14.8 Å². The molecule has 1 N–H and O–H groups in total. The van der Waals surface area contributed by atoms with Gasteiger partial charge in [0, 0.05) is 36.6 Å². The van der Waals surface area contributed by atoms with Crippen molar-refractivity contribution in [1.82, 2.24) is 10.3 Å². The molecule has 0 fully saturated rings. The van der Waals surface area contributed by atoms with Gasteiger partial charge in [-0.15, -0.1) is 0 Å². The number of pyridine rings is 1. The van der Waals surface area contributed by atoms with Crippen LogP contribution in [0, 0.1) is 5.82 Å². The molecule has 3 rings (SSSR count).